The van der Waals surface area contributed by atoms with Gasteiger partial charge < -0.3 is 4.74 Å². The number of hydrogen-bond donors (Lipinski definition) is 0. The summed E-state index contributed by atoms with van der Waals surface area (Å²) in [5.41, 5.74) is 2.47. The molecule has 0 bridgehead atoms. The van der Waals surface area contributed by atoms with Gasteiger partial charge in [0.1, 0.15) is 11.5 Å². The largest absolute Gasteiger partial charge is 0.475 e. The first kappa shape index (κ1) is 16.2. The zero-order chi connectivity index (χ0) is 18.1. The fraction of sp³-hybridized carbons (Fsp3) is 0.200. The predicted octanol–water partition coefficient (Wildman–Crippen LogP) is 3.70. The Hall–Kier alpha value is -3.28. The standard InChI is InChI=1S/C20H17N3O3/c1-2-11-20(14-7-9-15(10-8-14)23(24)25)19-18(21-12-13-22-19)16-5-3-4-6-17(16)26-20/h2-10H,1,11-13H2/t20-/m0/s1. The number of rotatable bonds is 4. The van der Waals surface area contributed by atoms with E-state index in [1.54, 1.807) is 18.2 Å². The fourth-order valence-corrected chi connectivity index (χ4v) is 3.50. The summed E-state index contributed by atoms with van der Waals surface area (Å²) in [6.07, 6.45) is 2.26. The van der Waals surface area contributed by atoms with Gasteiger partial charge in [-0.1, -0.05) is 18.2 Å². The molecule has 6 nitrogen and oxygen atoms in total. The number of ether oxygens (including phenoxy) is 1. The SMILES string of the molecule is C=CC[C@@]1(c2ccc([N+](=O)[O-])cc2)Oc2ccccc2C2=NCCN=C21. The Morgan fingerprint density at radius 3 is 2.62 bits per heavy atom. The maximum atomic E-state index is 11.0. The summed E-state index contributed by atoms with van der Waals surface area (Å²) in [7, 11) is 0. The maximum absolute atomic E-state index is 11.0. The van der Waals surface area contributed by atoms with Crippen molar-refractivity contribution in [2.75, 3.05) is 13.1 Å². The molecule has 0 spiro atoms. The third-order valence-corrected chi connectivity index (χ3v) is 4.65. The summed E-state index contributed by atoms with van der Waals surface area (Å²) >= 11 is 0. The molecule has 2 heterocycles. The zero-order valence-corrected chi connectivity index (χ0v) is 14.1. The van der Waals surface area contributed by atoms with Crippen LogP contribution in [0.1, 0.15) is 17.5 Å². The van der Waals surface area contributed by atoms with Crippen LogP contribution in [0, 0.1) is 10.1 Å². The fourth-order valence-electron chi connectivity index (χ4n) is 3.50. The summed E-state index contributed by atoms with van der Waals surface area (Å²) in [5.74, 6) is 0.729. The lowest BCUT2D eigenvalue weighted by atomic mass is 9.79. The number of nitro groups is 1. The highest BCUT2D eigenvalue weighted by Gasteiger charge is 2.46. The van der Waals surface area contributed by atoms with Gasteiger partial charge in [-0.15, -0.1) is 6.58 Å². The molecule has 0 amide bonds. The van der Waals surface area contributed by atoms with Crippen molar-refractivity contribution in [3.05, 3.63) is 82.4 Å². The number of para-hydroxylation sites is 1. The van der Waals surface area contributed by atoms with E-state index in [0.717, 1.165) is 28.3 Å². The Kier molecular flexibility index (Phi) is 3.88. The number of non-ortho nitro benzene ring substituents is 1. The summed E-state index contributed by atoms with van der Waals surface area (Å²) in [4.78, 5) is 20.0. The van der Waals surface area contributed by atoms with Crippen molar-refractivity contribution in [2.45, 2.75) is 12.0 Å². The Balaban J connectivity index is 1.92. The highest BCUT2D eigenvalue weighted by molar-refractivity contribution is 6.52. The molecule has 2 aromatic carbocycles. The van der Waals surface area contributed by atoms with Gasteiger partial charge in [0.25, 0.3) is 5.69 Å². The van der Waals surface area contributed by atoms with Crippen LogP contribution in [0.2, 0.25) is 0 Å². The quantitative estimate of drug-likeness (QED) is 0.481. The van der Waals surface area contributed by atoms with Gasteiger partial charge in [0, 0.05) is 29.7 Å². The van der Waals surface area contributed by atoms with Crippen molar-refractivity contribution in [3.63, 3.8) is 0 Å². The minimum atomic E-state index is -0.884. The number of fused-ring (bicyclic) bond motifs is 3. The molecule has 6 heteroatoms. The molecule has 2 aromatic rings. The molecule has 2 aliphatic rings. The van der Waals surface area contributed by atoms with Crippen LogP contribution in [-0.4, -0.2) is 29.4 Å². The minimum Gasteiger partial charge on any atom is -0.475 e. The van der Waals surface area contributed by atoms with E-state index in [2.05, 4.69) is 6.58 Å². The number of hydrogen-bond acceptors (Lipinski definition) is 5. The van der Waals surface area contributed by atoms with Gasteiger partial charge in [-0.25, -0.2) is 0 Å². The second kappa shape index (κ2) is 6.22. The van der Waals surface area contributed by atoms with Crippen LogP contribution in [0.5, 0.6) is 5.75 Å². The molecule has 4 rings (SSSR count). The monoisotopic (exact) mass is 347 g/mol. The lowest BCUT2D eigenvalue weighted by Gasteiger charge is -2.41. The van der Waals surface area contributed by atoms with Crippen LogP contribution in [0.15, 0.2) is 71.2 Å². The van der Waals surface area contributed by atoms with Crippen molar-refractivity contribution in [2.24, 2.45) is 9.98 Å². The van der Waals surface area contributed by atoms with E-state index in [-0.39, 0.29) is 5.69 Å². The smallest absolute Gasteiger partial charge is 0.269 e. The molecule has 2 aliphatic heterocycles. The second-order valence-corrected chi connectivity index (χ2v) is 6.18. The maximum Gasteiger partial charge on any atom is 0.269 e. The number of benzene rings is 2. The third kappa shape index (κ3) is 2.42. The molecule has 0 saturated heterocycles. The van der Waals surface area contributed by atoms with Crippen molar-refractivity contribution in [1.29, 1.82) is 0 Å². The Labute approximate surface area is 150 Å². The van der Waals surface area contributed by atoms with Crippen LogP contribution in [0.25, 0.3) is 0 Å². The zero-order valence-electron chi connectivity index (χ0n) is 14.1. The molecular formula is C20H17N3O3. The molecule has 1 atom stereocenters. The summed E-state index contributed by atoms with van der Waals surface area (Å²) in [6, 6.07) is 14.2. The van der Waals surface area contributed by atoms with Crippen molar-refractivity contribution in [3.8, 4) is 5.75 Å². The molecule has 0 saturated carbocycles. The molecule has 0 radical (unpaired) electrons. The summed E-state index contributed by atoms with van der Waals surface area (Å²) < 4.78 is 6.46. The average molecular weight is 347 g/mol. The van der Waals surface area contributed by atoms with Crippen LogP contribution >= 0.6 is 0 Å². The lowest BCUT2D eigenvalue weighted by Crippen LogP contribution is -2.50. The van der Waals surface area contributed by atoms with Gasteiger partial charge in [-0.2, -0.15) is 0 Å². The van der Waals surface area contributed by atoms with Gasteiger partial charge in [0.15, 0.2) is 5.60 Å². The Morgan fingerprint density at radius 2 is 1.88 bits per heavy atom. The third-order valence-electron chi connectivity index (χ3n) is 4.65. The molecule has 0 N–H and O–H groups in total. The van der Waals surface area contributed by atoms with E-state index in [1.807, 2.05) is 24.3 Å². The van der Waals surface area contributed by atoms with Crippen LogP contribution in [0.4, 0.5) is 5.69 Å². The van der Waals surface area contributed by atoms with E-state index in [4.69, 9.17) is 14.7 Å². The molecule has 26 heavy (non-hydrogen) atoms. The van der Waals surface area contributed by atoms with E-state index in [1.165, 1.54) is 12.1 Å². The number of nitro benzene ring substituents is 1. The van der Waals surface area contributed by atoms with Gasteiger partial charge in [-0.05, 0) is 24.3 Å². The second-order valence-electron chi connectivity index (χ2n) is 6.18. The average Bonchev–Trinajstić information content (AvgIpc) is 2.68. The van der Waals surface area contributed by atoms with Crippen LogP contribution < -0.4 is 4.74 Å². The first-order valence-corrected chi connectivity index (χ1v) is 8.40. The van der Waals surface area contributed by atoms with Crippen molar-refractivity contribution in [1.82, 2.24) is 0 Å². The molecule has 0 fully saturated rings. The van der Waals surface area contributed by atoms with Crippen molar-refractivity contribution >= 4 is 17.1 Å². The molecule has 0 unspecified atom stereocenters. The topological polar surface area (TPSA) is 77.1 Å². The lowest BCUT2D eigenvalue weighted by molar-refractivity contribution is -0.384. The molecule has 0 aliphatic carbocycles. The van der Waals surface area contributed by atoms with Gasteiger partial charge in [-0.3, -0.25) is 20.1 Å². The predicted molar refractivity (Wildman–Crippen MR) is 100 cm³/mol. The summed E-state index contributed by atoms with van der Waals surface area (Å²) in [6.45, 7) is 5.11. The van der Waals surface area contributed by atoms with Crippen LogP contribution in [0.3, 0.4) is 0 Å². The summed E-state index contributed by atoms with van der Waals surface area (Å²) in [5, 5.41) is 11.0. The van der Waals surface area contributed by atoms with E-state index >= 15 is 0 Å². The molecular weight excluding hydrogens is 330 g/mol. The Morgan fingerprint density at radius 1 is 1.15 bits per heavy atom. The van der Waals surface area contributed by atoms with Crippen molar-refractivity contribution < 1.29 is 9.66 Å². The molecule has 130 valence electrons. The van der Waals surface area contributed by atoms with Gasteiger partial charge >= 0.3 is 0 Å². The first-order valence-electron chi connectivity index (χ1n) is 8.40. The van der Waals surface area contributed by atoms with E-state index in [0.29, 0.717) is 19.5 Å². The highest BCUT2D eigenvalue weighted by Crippen LogP contribution is 2.42. The number of nitrogens with zero attached hydrogens (tertiary/aromatic N) is 3. The number of aliphatic imine (C=N–C) groups is 2. The first-order chi connectivity index (χ1) is 12.7. The Bertz CT molecular complexity index is 947. The van der Waals surface area contributed by atoms with E-state index in [9.17, 15) is 10.1 Å². The van der Waals surface area contributed by atoms with E-state index < -0.39 is 10.5 Å². The normalized spacial score (nSPS) is 20.8. The highest BCUT2D eigenvalue weighted by atomic mass is 16.6. The molecule has 0 aromatic heterocycles. The van der Waals surface area contributed by atoms with Gasteiger partial charge in [0.05, 0.1) is 23.7 Å². The van der Waals surface area contributed by atoms with Crippen LogP contribution in [-0.2, 0) is 5.60 Å². The minimum absolute atomic E-state index is 0.0400. The van der Waals surface area contributed by atoms with Gasteiger partial charge in [0.2, 0.25) is 0 Å².